The van der Waals surface area contributed by atoms with Gasteiger partial charge in [0.1, 0.15) is 10.7 Å². The number of carbonyl (C=O) groups excluding carboxylic acids is 1. The molecule has 0 radical (unpaired) electrons. The number of nitrogens with zero attached hydrogens (tertiary/aromatic N) is 2. The molecule has 0 fully saturated rings. The summed E-state index contributed by atoms with van der Waals surface area (Å²) in [6.07, 6.45) is 1.41. The summed E-state index contributed by atoms with van der Waals surface area (Å²) < 4.78 is 16.3. The maximum Gasteiger partial charge on any atom is 0.265 e. The van der Waals surface area contributed by atoms with E-state index in [4.69, 9.17) is 0 Å². The molecule has 0 spiro atoms. The topological polar surface area (TPSA) is 54.9 Å². The Morgan fingerprint density at radius 2 is 2.12 bits per heavy atom. The Balaban J connectivity index is 2.04. The molecule has 88 valence electrons. The second-order valence-corrected chi connectivity index (χ2v) is 4.31. The van der Waals surface area contributed by atoms with Crippen LogP contribution in [0.4, 0.5) is 4.39 Å². The molecule has 0 aliphatic heterocycles. The lowest BCUT2D eigenvalue weighted by molar-refractivity contribution is 0.0944. The molecule has 0 bridgehead atoms. The highest BCUT2D eigenvalue weighted by molar-refractivity contribution is 7.07. The van der Waals surface area contributed by atoms with Crippen molar-refractivity contribution in [3.05, 3.63) is 46.7 Å². The van der Waals surface area contributed by atoms with E-state index in [1.807, 2.05) is 6.92 Å². The minimum Gasteiger partial charge on any atom is -0.345 e. The van der Waals surface area contributed by atoms with Crippen molar-refractivity contribution in [2.75, 3.05) is 0 Å². The van der Waals surface area contributed by atoms with Gasteiger partial charge in [-0.25, -0.2) is 4.39 Å². The van der Waals surface area contributed by atoms with E-state index in [1.165, 1.54) is 18.3 Å². The van der Waals surface area contributed by atoms with E-state index >= 15 is 0 Å². The molecule has 17 heavy (non-hydrogen) atoms. The van der Waals surface area contributed by atoms with Gasteiger partial charge in [0.15, 0.2) is 0 Å². The normalized spacial score (nSPS) is 12.1. The van der Waals surface area contributed by atoms with Gasteiger partial charge in [-0.15, -0.1) is 5.10 Å². The van der Waals surface area contributed by atoms with Crippen LogP contribution in [0.15, 0.2) is 30.5 Å². The molecule has 1 amide bonds. The molecule has 6 heteroatoms. The first-order valence-corrected chi connectivity index (χ1v) is 5.78. The first-order valence-electron chi connectivity index (χ1n) is 5.00. The maximum atomic E-state index is 12.7. The number of hydrogen-bond acceptors (Lipinski definition) is 4. The van der Waals surface area contributed by atoms with Crippen molar-refractivity contribution in [1.29, 1.82) is 0 Å². The van der Waals surface area contributed by atoms with Crippen molar-refractivity contribution < 1.29 is 9.18 Å². The van der Waals surface area contributed by atoms with Crippen LogP contribution in [0.5, 0.6) is 0 Å². The lowest BCUT2D eigenvalue weighted by Gasteiger charge is -2.13. The molecule has 4 nitrogen and oxygen atoms in total. The monoisotopic (exact) mass is 251 g/mol. The highest BCUT2D eigenvalue weighted by atomic mass is 32.1. The van der Waals surface area contributed by atoms with Gasteiger partial charge < -0.3 is 5.32 Å². The molecule has 1 N–H and O–H groups in total. The standard InChI is InChI=1S/C11H10FN3OS/c1-7(8-2-4-9(12)5-3-8)14-11(16)10-6-13-15-17-10/h2-7H,1H3,(H,14,16). The number of carbonyl (C=O) groups is 1. The van der Waals surface area contributed by atoms with Crippen molar-refractivity contribution in [2.24, 2.45) is 0 Å². The van der Waals surface area contributed by atoms with Crippen LogP contribution in [-0.2, 0) is 0 Å². The van der Waals surface area contributed by atoms with Crippen LogP contribution >= 0.6 is 11.5 Å². The number of benzene rings is 1. The van der Waals surface area contributed by atoms with Crippen LogP contribution in [0, 0.1) is 5.82 Å². The van der Waals surface area contributed by atoms with E-state index in [-0.39, 0.29) is 17.8 Å². The number of amides is 1. The van der Waals surface area contributed by atoms with Gasteiger partial charge >= 0.3 is 0 Å². The predicted octanol–water partition coefficient (Wildman–Crippen LogP) is 2.17. The van der Waals surface area contributed by atoms with Gasteiger partial charge in [0.05, 0.1) is 12.2 Å². The Hall–Kier alpha value is -1.82. The molecule has 1 unspecified atom stereocenters. The van der Waals surface area contributed by atoms with Crippen LogP contribution in [0.1, 0.15) is 28.2 Å². The Bertz CT molecular complexity index is 498. The number of halogens is 1. The van der Waals surface area contributed by atoms with Gasteiger partial charge in [-0.3, -0.25) is 4.79 Å². The van der Waals surface area contributed by atoms with E-state index in [0.29, 0.717) is 4.88 Å². The zero-order valence-electron chi connectivity index (χ0n) is 9.05. The van der Waals surface area contributed by atoms with Crippen LogP contribution in [0.25, 0.3) is 0 Å². The van der Waals surface area contributed by atoms with Crippen LogP contribution in [0.2, 0.25) is 0 Å². The fraction of sp³-hybridized carbons (Fsp3) is 0.182. The summed E-state index contributed by atoms with van der Waals surface area (Å²) in [4.78, 5) is 12.2. The number of nitrogens with one attached hydrogen (secondary N) is 1. The highest BCUT2D eigenvalue weighted by Crippen LogP contribution is 2.14. The molecule has 0 saturated carbocycles. The average Bonchev–Trinajstić information content (AvgIpc) is 2.83. The second kappa shape index (κ2) is 5.01. The van der Waals surface area contributed by atoms with E-state index in [9.17, 15) is 9.18 Å². The second-order valence-electron chi connectivity index (χ2n) is 3.53. The molecule has 2 rings (SSSR count). The lowest BCUT2D eigenvalue weighted by Crippen LogP contribution is -2.25. The lowest BCUT2D eigenvalue weighted by atomic mass is 10.1. The van der Waals surface area contributed by atoms with Crippen LogP contribution in [-0.4, -0.2) is 15.5 Å². The molecule has 0 aliphatic carbocycles. The fourth-order valence-electron chi connectivity index (χ4n) is 1.37. The summed E-state index contributed by atoms with van der Waals surface area (Å²) in [6, 6.07) is 5.83. The van der Waals surface area contributed by atoms with E-state index < -0.39 is 0 Å². The molecule has 2 aromatic rings. The smallest absolute Gasteiger partial charge is 0.265 e. The first kappa shape index (κ1) is 11.7. The van der Waals surface area contributed by atoms with Gasteiger partial charge in [0.2, 0.25) is 0 Å². The molecule has 1 aromatic heterocycles. The molecule has 0 aliphatic rings. The Morgan fingerprint density at radius 1 is 1.41 bits per heavy atom. The fourth-order valence-corrected chi connectivity index (χ4v) is 1.79. The summed E-state index contributed by atoms with van der Waals surface area (Å²) in [7, 11) is 0. The van der Waals surface area contributed by atoms with E-state index in [1.54, 1.807) is 12.1 Å². The van der Waals surface area contributed by atoms with Crippen molar-refractivity contribution in [3.8, 4) is 0 Å². The molecule has 0 saturated heterocycles. The summed E-state index contributed by atoms with van der Waals surface area (Å²) >= 11 is 1.04. The number of hydrogen-bond donors (Lipinski definition) is 1. The Morgan fingerprint density at radius 3 is 2.71 bits per heavy atom. The number of aromatic nitrogens is 2. The third-order valence-corrected chi connectivity index (χ3v) is 2.97. The van der Waals surface area contributed by atoms with Gasteiger partial charge in [-0.1, -0.05) is 16.6 Å². The molecule has 1 heterocycles. The molecule has 1 aromatic carbocycles. The Labute approximate surface area is 102 Å². The summed E-state index contributed by atoms with van der Waals surface area (Å²) in [5.41, 5.74) is 0.845. The third-order valence-electron chi connectivity index (χ3n) is 2.30. The molecule has 1 atom stereocenters. The first-order chi connectivity index (χ1) is 8.16. The quantitative estimate of drug-likeness (QED) is 0.909. The van der Waals surface area contributed by atoms with E-state index in [2.05, 4.69) is 14.9 Å². The zero-order valence-corrected chi connectivity index (χ0v) is 9.87. The summed E-state index contributed by atoms with van der Waals surface area (Å²) in [6.45, 7) is 1.83. The Kier molecular flexibility index (Phi) is 3.43. The van der Waals surface area contributed by atoms with E-state index in [0.717, 1.165) is 17.1 Å². The molecular weight excluding hydrogens is 241 g/mol. The van der Waals surface area contributed by atoms with Gasteiger partial charge in [-0.2, -0.15) is 0 Å². The van der Waals surface area contributed by atoms with Crippen molar-refractivity contribution >= 4 is 17.4 Å². The van der Waals surface area contributed by atoms with Crippen LogP contribution in [0.3, 0.4) is 0 Å². The minimum absolute atomic E-state index is 0.190. The van der Waals surface area contributed by atoms with Crippen molar-refractivity contribution in [1.82, 2.24) is 14.9 Å². The van der Waals surface area contributed by atoms with Gasteiger partial charge in [-0.05, 0) is 36.2 Å². The average molecular weight is 251 g/mol. The largest absolute Gasteiger partial charge is 0.345 e. The van der Waals surface area contributed by atoms with Gasteiger partial charge in [0, 0.05) is 0 Å². The third kappa shape index (κ3) is 2.85. The molecular formula is C11H10FN3OS. The SMILES string of the molecule is CC(NC(=O)c1cnns1)c1ccc(F)cc1. The number of rotatable bonds is 3. The maximum absolute atomic E-state index is 12.7. The van der Waals surface area contributed by atoms with Crippen molar-refractivity contribution in [2.45, 2.75) is 13.0 Å². The highest BCUT2D eigenvalue weighted by Gasteiger charge is 2.13. The minimum atomic E-state index is -0.293. The summed E-state index contributed by atoms with van der Waals surface area (Å²) in [5.74, 6) is -0.518. The van der Waals surface area contributed by atoms with Crippen molar-refractivity contribution in [3.63, 3.8) is 0 Å². The summed E-state index contributed by atoms with van der Waals surface area (Å²) in [5, 5.41) is 6.38. The predicted molar refractivity (Wildman–Crippen MR) is 62.2 cm³/mol. The zero-order chi connectivity index (χ0) is 12.3. The van der Waals surface area contributed by atoms with Gasteiger partial charge in [0.25, 0.3) is 5.91 Å². The van der Waals surface area contributed by atoms with Crippen LogP contribution < -0.4 is 5.32 Å².